The van der Waals surface area contributed by atoms with Crippen LogP contribution in [0.15, 0.2) is 18.2 Å². The minimum atomic E-state index is -4.37. The summed E-state index contributed by atoms with van der Waals surface area (Å²) in [6, 6.07) is 4.32. The third-order valence-corrected chi connectivity index (χ3v) is 3.06. The maximum Gasteiger partial charge on any atom is 0.419 e. The molecule has 1 aliphatic heterocycles. The van der Waals surface area contributed by atoms with Crippen LogP contribution >= 0.6 is 12.4 Å². The number of rotatable bonds is 2. The molecule has 1 unspecified atom stereocenters. The van der Waals surface area contributed by atoms with Gasteiger partial charge in [-0.1, -0.05) is 6.07 Å². The van der Waals surface area contributed by atoms with Gasteiger partial charge in [0.2, 0.25) is 0 Å². The Kier molecular flexibility index (Phi) is 4.87. The zero-order valence-corrected chi connectivity index (χ0v) is 10.7. The number of halogens is 4. The van der Waals surface area contributed by atoms with Crippen LogP contribution < -0.4 is 10.1 Å². The van der Waals surface area contributed by atoms with Crippen LogP contribution in [0.25, 0.3) is 0 Å². The summed E-state index contributed by atoms with van der Waals surface area (Å²) in [5.74, 6) is 0.0502. The lowest BCUT2D eigenvalue weighted by Crippen LogP contribution is -2.11. The lowest BCUT2D eigenvalue weighted by Gasteiger charge is -2.15. The van der Waals surface area contributed by atoms with E-state index >= 15 is 0 Å². The van der Waals surface area contributed by atoms with Crippen molar-refractivity contribution in [2.24, 2.45) is 0 Å². The molecule has 0 amide bonds. The molecule has 1 saturated heterocycles. The number of methoxy groups -OCH3 is 1. The van der Waals surface area contributed by atoms with Crippen LogP contribution in [0.2, 0.25) is 0 Å². The highest BCUT2D eigenvalue weighted by atomic mass is 35.5. The summed E-state index contributed by atoms with van der Waals surface area (Å²) in [7, 11) is 1.25. The van der Waals surface area contributed by atoms with Gasteiger partial charge in [-0.05, 0) is 36.6 Å². The maximum atomic E-state index is 12.8. The Balaban J connectivity index is 0.00000162. The van der Waals surface area contributed by atoms with Gasteiger partial charge in [-0.25, -0.2) is 0 Å². The van der Waals surface area contributed by atoms with Crippen molar-refractivity contribution < 1.29 is 17.9 Å². The Morgan fingerprint density at radius 3 is 2.56 bits per heavy atom. The molecule has 2 rings (SSSR count). The van der Waals surface area contributed by atoms with E-state index in [-0.39, 0.29) is 24.1 Å². The Labute approximate surface area is 110 Å². The van der Waals surface area contributed by atoms with E-state index < -0.39 is 11.7 Å². The fourth-order valence-corrected chi connectivity index (χ4v) is 2.14. The monoisotopic (exact) mass is 281 g/mol. The molecule has 1 aromatic rings. The number of benzene rings is 1. The fraction of sp³-hybridized carbons (Fsp3) is 0.500. The van der Waals surface area contributed by atoms with Crippen molar-refractivity contribution >= 4 is 12.4 Å². The number of hydrogen-bond acceptors (Lipinski definition) is 2. The Morgan fingerprint density at radius 2 is 2.06 bits per heavy atom. The van der Waals surface area contributed by atoms with Crippen LogP contribution in [-0.2, 0) is 6.18 Å². The van der Waals surface area contributed by atoms with Crippen molar-refractivity contribution in [1.82, 2.24) is 5.32 Å². The van der Waals surface area contributed by atoms with Crippen molar-refractivity contribution in [2.75, 3.05) is 20.2 Å². The summed E-state index contributed by atoms with van der Waals surface area (Å²) < 4.78 is 43.2. The molecule has 0 bridgehead atoms. The van der Waals surface area contributed by atoms with Crippen LogP contribution in [-0.4, -0.2) is 20.2 Å². The number of nitrogens with one attached hydrogen (secondary N) is 1. The number of ether oxygens (including phenoxy) is 1. The van der Waals surface area contributed by atoms with Gasteiger partial charge in [0.05, 0.1) is 12.7 Å². The average molecular weight is 282 g/mol. The summed E-state index contributed by atoms with van der Waals surface area (Å²) in [6.07, 6.45) is -3.49. The molecule has 0 spiro atoms. The van der Waals surface area contributed by atoms with Gasteiger partial charge < -0.3 is 10.1 Å². The van der Waals surface area contributed by atoms with Crippen molar-refractivity contribution in [3.63, 3.8) is 0 Å². The Morgan fingerprint density at radius 1 is 1.33 bits per heavy atom. The Bertz CT molecular complexity index is 403. The molecular formula is C12H15ClF3NO. The minimum absolute atomic E-state index is 0. The molecule has 0 aromatic heterocycles. The Hall–Kier alpha value is -0.940. The van der Waals surface area contributed by atoms with E-state index in [4.69, 9.17) is 4.74 Å². The highest BCUT2D eigenvalue weighted by Crippen LogP contribution is 2.38. The van der Waals surface area contributed by atoms with E-state index in [1.54, 1.807) is 6.07 Å². The first-order valence-corrected chi connectivity index (χ1v) is 5.48. The topological polar surface area (TPSA) is 21.3 Å². The number of hydrogen-bond donors (Lipinski definition) is 1. The molecule has 0 saturated carbocycles. The zero-order chi connectivity index (χ0) is 12.5. The van der Waals surface area contributed by atoms with Crippen molar-refractivity contribution in [3.05, 3.63) is 29.3 Å². The van der Waals surface area contributed by atoms with Crippen LogP contribution in [0, 0.1) is 0 Å². The number of alkyl halides is 3. The zero-order valence-electron chi connectivity index (χ0n) is 9.88. The predicted octanol–water partition coefficient (Wildman–Crippen LogP) is 3.21. The second-order valence-electron chi connectivity index (χ2n) is 4.15. The molecule has 1 aromatic carbocycles. The SMILES string of the molecule is COc1ccc(C2CCNC2)cc1C(F)(F)F.Cl. The first-order valence-electron chi connectivity index (χ1n) is 5.48. The van der Waals surface area contributed by atoms with Crippen LogP contribution in [0.3, 0.4) is 0 Å². The van der Waals surface area contributed by atoms with Crippen molar-refractivity contribution in [3.8, 4) is 5.75 Å². The molecule has 6 heteroatoms. The van der Waals surface area contributed by atoms with E-state index in [0.717, 1.165) is 25.1 Å². The van der Waals surface area contributed by atoms with Gasteiger partial charge in [-0.15, -0.1) is 12.4 Å². The molecule has 1 heterocycles. The first-order chi connectivity index (χ1) is 8.02. The quantitative estimate of drug-likeness (QED) is 0.899. The lowest BCUT2D eigenvalue weighted by molar-refractivity contribution is -0.138. The minimum Gasteiger partial charge on any atom is -0.496 e. The third-order valence-electron chi connectivity index (χ3n) is 3.06. The van der Waals surface area contributed by atoms with Crippen molar-refractivity contribution in [1.29, 1.82) is 0 Å². The highest BCUT2D eigenvalue weighted by Gasteiger charge is 2.35. The molecule has 0 aliphatic carbocycles. The molecule has 102 valence electrons. The van der Waals surface area contributed by atoms with E-state index in [1.807, 2.05) is 0 Å². The van der Waals surface area contributed by atoms with Gasteiger partial charge >= 0.3 is 6.18 Å². The van der Waals surface area contributed by atoms with E-state index in [2.05, 4.69) is 5.32 Å². The summed E-state index contributed by atoms with van der Waals surface area (Å²) in [4.78, 5) is 0. The molecular weight excluding hydrogens is 267 g/mol. The molecule has 1 fully saturated rings. The summed E-state index contributed by atoms with van der Waals surface area (Å²) in [5, 5.41) is 3.15. The van der Waals surface area contributed by atoms with Crippen LogP contribution in [0.1, 0.15) is 23.5 Å². The normalized spacial score (nSPS) is 19.4. The van der Waals surface area contributed by atoms with Gasteiger partial charge in [0.25, 0.3) is 0 Å². The van der Waals surface area contributed by atoms with Gasteiger partial charge in [-0.3, -0.25) is 0 Å². The third kappa shape index (κ3) is 3.09. The summed E-state index contributed by atoms with van der Waals surface area (Å²) >= 11 is 0. The molecule has 18 heavy (non-hydrogen) atoms. The first kappa shape index (κ1) is 15.1. The standard InChI is InChI=1S/C12H14F3NO.ClH/c1-17-11-3-2-8(9-4-5-16-7-9)6-10(11)12(13,14)15;/h2-3,6,9,16H,4-5,7H2,1H3;1H. The molecule has 1 N–H and O–H groups in total. The second-order valence-corrected chi connectivity index (χ2v) is 4.15. The molecule has 2 nitrogen and oxygen atoms in total. The highest BCUT2D eigenvalue weighted by molar-refractivity contribution is 5.85. The largest absolute Gasteiger partial charge is 0.496 e. The van der Waals surface area contributed by atoms with E-state index in [0.29, 0.717) is 0 Å². The van der Waals surface area contributed by atoms with Crippen LogP contribution in [0.5, 0.6) is 5.75 Å². The average Bonchev–Trinajstić information content (AvgIpc) is 2.80. The van der Waals surface area contributed by atoms with E-state index in [9.17, 15) is 13.2 Å². The van der Waals surface area contributed by atoms with Crippen molar-refractivity contribution in [2.45, 2.75) is 18.5 Å². The fourth-order valence-electron chi connectivity index (χ4n) is 2.14. The molecule has 1 atom stereocenters. The second kappa shape index (κ2) is 5.80. The maximum absolute atomic E-state index is 12.8. The van der Waals surface area contributed by atoms with E-state index in [1.165, 1.54) is 19.2 Å². The smallest absolute Gasteiger partial charge is 0.419 e. The van der Waals surface area contributed by atoms with Gasteiger partial charge in [0.1, 0.15) is 5.75 Å². The molecule has 0 radical (unpaired) electrons. The molecule has 1 aliphatic rings. The van der Waals surface area contributed by atoms with Crippen LogP contribution in [0.4, 0.5) is 13.2 Å². The predicted molar refractivity (Wildman–Crippen MR) is 65.5 cm³/mol. The van der Waals surface area contributed by atoms with Gasteiger partial charge in [0.15, 0.2) is 0 Å². The summed E-state index contributed by atoms with van der Waals surface area (Å²) in [6.45, 7) is 1.60. The lowest BCUT2D eigenvalue weighted by atomic mass is 9.96. The van der Waals surface area contributed by atoms with Gasteiger partial charge in [-0.2, -0.15) is 13.2 Å². The van der Waals surface area contributed by atoms with Gasteiger partial charge in [0, 0.05) is 6.54 Å². The summed E-state index contributed by atoms with van der Waals surface area (Å²) in [5.41, 5.74) is 0.0347.